The van der Waals surface area contributed by atoms with Crippen molar-refractivity contribution >= 4 is 23.4 Å². The third-order valence-corrected chi connectivity index (χ3v) is 6.13. The molecule has 1 aliphatic rings. The maximum atomic E-state index is 13.0. The predicted molar refractivity (Wildman–Crippen MR) is 141 cm³/mol. The van der Waals surface area contributed by atoms with Gasteiger partial charge in [0.2, 0.25) is 5.95 Å². The van der Waals surface area contributed by atoms with Crippen molar-refractivity contribution in [3.63, 3.8) is 0 Å². The number of nitrogens with zero attached hydrogens (tertiary/aromatic N) is 4. The fourth-order valence-electron chi connectivity index (χ4n) is 4.11. The van der Waals surface area contributed by atoms with Crippen molar-refractivity contribution in [2.24, 2.45) is 0 Å². The average molecular weight is 491 g/mol. The lowest BCUT2D eigenvalue weighted by Gasteiger charge is -2.34. The molecule has 3 N–H and O–H groups in total. The molecule has 0 aliphatic carbocycles. The smallest absolute Gasteiger partial charge is 0.255 e. The molecule has 4 rings (SSSR count). The molecule has 1 saturated heterocycles. The largest absolute Gasteiger partial charge is 0.384 e. The zero-order chi connectivity index (χ0) is 25.9. The van der Waals surface area contributed by atoms with Crippen LogP contribution in [0.15, 0.2) is 42.6 Å². The Morgan fingerprint density at radius 1 is 1.22 bits per heavy atom. The van der Waals surface area contributed by atoms with Gasteiger partial charge < -0.3 is 25.4 Å². The zero-order valence-electron chi connectivity index (χ0n) is 21.5. The van der Waals surface area contributed by atoms with Crippen molar-refractivity contribution in [3.05, 3.63) is 59.4 Å². The minimum absolute atomic E-state index is 0.205. The van der Waals surface area contributed by atoms with Gasteiger partial charge in [0, 0.05) is 42.2 Å². The van der Waals surface area contributed by atoms with Crippen LogP contribution in [0.2, 0.25) is 0 Å². The fraction of sp³-hybridized carbons (Fsp3) is 0.407. The molecule has 1 unspecified atom stereocenters. The van der Waals surface area contributed by atoms with Crippen molar-refractivity contribution in [3.8, 4) is 11.3 Å². The van der Waals surface area contributed by atoms with Crippen LogP contribution in [-0.2, 0) is 10.3 Å². The normalized spacial score (nSPS) is 16.1. The molecule has 190 valence electrons. The molecule has 1 fully saturated rings. The predicted octanol–water partition coefficient (Wildman–Crippen LogP) is 3.98. The molecule has 1 atom stereocenters. The summed E-state index contributed by atoms with van der Waals surface area (Å²) in [5.41, 5.74) is 3.07. The molecule has 36 heavy (non-hydrogen) atoms. The number of hydrogen-bond acceptors (Lipinski definition) is 8. The first-order chi connectivity index (χ1) is 17.2. The molecule has 1 amide bonds. The number of aliphatic hydroxyl groups is 1. The Bertz CT molecular complexity index is 1240. The number of anilines is 3. The lowest BCUT2D eigenvalue weighted by atomic mass is 10.0. The van der Waals surface area contributed by atoms with Crippen LogP contribution in [0.3, 0.4) is 0 Å². The van der Waals surface area contributed by atoms with Gasteiger partial charge in [-0.1, -0.05) is 6.07 Å². The summed E-state index contributed by atoms with van der Waals surface area (Å²) < 4.78 is 5.60. The second kappa shape index (κ2) is 10.6. The first-order valence-electron chi connectivity index (χ1n) is 12.2. The van der Waals surface area contributed by atoms with Gasteiger partial charge in [-0.3, -0.25) is 9.78 Å². The number of rotatable bonds is 7. The van der Waals surface area contributed by atoms with E-state index in [1.165, 1.54) is 6.20 Å². The zero-order valence-corrected chi connectivity index (χ0v) is 21.5. The van der Waals surface area contributed by atoms with Crippen LogP contribution in [0.25, 0.3) is 11.3 Å². The minimum atomic E-state index is -1.14. The molecule has 0 radical (unpaired) electrons. The number of morpholine rings is 1. The molecule has 1 aliphatic heterocycles. The number of benzene rings is 1. The highest BCUT2D eigenvalue weighted by Gasteiger charge is 2.23. The van der Waals surface area contributed by atoms with E-state index in [1.807, 2.05) is 38.1 Å². The Hall–Kier alpha value is -3.56. The van der Waals surface area contributed by atoms with E-state index in [1.54, 1.807) is 26.0 Å². The molecule has 2 aromatic heterocycles. The fourth-order valence-corrected chi connectivity index (χ4v) is 4.11. The summed E-state index contributed by atoms with van der Waals surface area (Å²) in [6, 6.07) is 11.2. The molecule has 9 nitrogen and oxygen atoms in total. The number of amides is 1. The number of hydrogen-bond donors (Lipinski definition) is 3. The second-order valence-electron chi connectivity index (χ2n) is 9.56. The molecule has 0 spiro atoms. The van der Waals surface area contributed by atoms with Crippen LogP contribution < -0.4 is 15.5 Å². The topological polar surface area (TPSA) is 112 Å². The average Bonchev–Trinajstić information content (AvgIpc) is 2.85. The molecule has 0 saturated carbocycles. The van der Waals surface area contributed by atoms with Crippen LogP contribution in [0.4, 0.5) is 17.5 Å². The lowest BCUT2D eigenvalue weighted by molar-refractivity contribution is 0.0737. The Morgan fingerprint density at radius 3 is 2.75 bits per heavy atom. The summed E-state index contributed by atoms with van der Waals surface area (Å²) in [4.78, 5) is 28.9. The highest BCUT2D eigenvalue weighted by atomic mass is 16.5. The number of nitrogens with one attached hydrogen (secondary N) is 2. The lowest BCUT2D eigenvalue weighted by Crippen LogP contribution is -2.44. The van der Waals surface area contributed by atoms with E-state index in [0.29, 0.717) is 42.7 Å². The summed E-state index contributed by atoms with van der Waals surface area (Å²) >= 11 is 0. The molecule has 0 bridgehead atoms. The molecule has 3 aromatic rings. The third kappa shape index (κ3) is 5.80. The number of carbonyl (C=O) groups is 1. The summed E-state index contributed by atoms with van der Waals surface area (Å²) in [5.74, 6) is 1.13. The number of aromatic nitrogens is 3. The molecular formula is C27H34N6O3. The standard InChI is InChI=1S/C27H34N6O3/c1-6-28-26-31-22(15-24(32-26)33-11-12-36-16-18(33)3)21-14-20(8-7-17(21)2)30-25(34)19-9-10-29-23(13-19)27(4,5)35/h7-10,13-15,18,35H,6,11-12,16H2,1-5H3,(H,30,34)(H,28,31,32). The SMILES string of the molecule is CCNc1nc(-c2cc(NC(=O)c3ccnc(C(C)(C)O)c3)ccc2C)cc(N2CCOCC2C)n1. The van der Waals surface area contributed by atoms with Gasteiger partial charge in [-0.05, 0) is 64.4 Å². The number of ether oxygens (including phenoxy) is 1. The van der Waals surface area contributed by atoms with Gasteiger partial charge in [-0.15, -0.1) is 0 Å². The second-order valence-corrected chi connectivity index (χ2v) is 9.56. The maximum Gasteiger partial charge on any atom is 0.255 e. The van der Waals surface area contributed by atoms with Gasteiger partial charge in [0.25, 0.3) is 5.91 Å². The van der Waals surface area contributed by atoms with Crippen molar-refractivity contribution in [2.45, 2.75) is 46.3 Å². The van der Waals surface area contributed by atoms with Gasteiger partial charge in [-0.2, -0.15) is 4.98 Å². The first-order valence-corrected chi connectivity index (χ1v) is 12.2. The summed E-state index contributed by atoms with van der Waals surface area (Å²) in [5, 5.41) is 16.5. The third-order valence-electron chi connectivity index (χ3n) is 6.13. The van der Waals surface area contributed by atoms with E-state index in [2.05, 4.69) is 27.4 Å². The highest BCUT2D eigenvalue weighted by molar-refractivity contribution is 6.04. The van der Waals surface area contributed by atoms with E-state index in [4.69, 9.17) is 14.7 Å². The maximum absolute atomic E-state index is 13.0. The first kappa shape index (κ1) is 25.5. The molecule has 9 heteroatoms. The molecule has 1 aromatic carbocycles. The van der Waals surface area contributed by atoms with Gasteiger partial charge in [-0.25, -0.2) is 4.98 Å². The monoisotopic (exact) mass is 490 g/mol. The Kier molecular flexibility index (Phi) is 7.51. The number of pyridine rings is 1. The van der Waals surface area contributed by atoms with Crippen molar-refractivity contribution < 1.29 is 14.6 Å². The quantitative estimate of drug-likeness (QED) is 0.456. The van der Waals surface area contributed by atoms with Crippen LogP contribution >= 0.6 is 0 Å². The molecule has 3 heterocycles. The van der Waals surface area contributed by atoms with Crippen molar-refractivity contribution in [1.82, 2.24) is 15.0 Å². The molecular weight excluding hydrogens is 456 g/mol. The van der Waals surface area contributed by atoms with E-state index in [0.717, 1.165) is 29.2 Å². The minimum Gasteiger partial charge on any atom is -0.384 e. The summed E-state index contributed by atoms with van der Waals surface area (Å²) in [6.45, 7) is 12.2. The summed E-state index contributed by atoms with van der Waals surface area (Å²) in [7, 11) is 0. The van der Waals surface area contributed by atoms with Gasteiger partial charge >= 0.3 is 0 Å². The highest BCUT2D eigenvalue weighted by Crippen LogP contribution is 2.30. The Labute approximate surface area is 212 Å². The van der Waals surface area contributed by atoms with Crippen LogP contribution in [0, 0.1) is 6.92 Å². The van der Waals surface area contributed by atoms with E-state index < -0.39 is 5.60 Å². The van der Waals surface area contributed by atoms with Crippen LogP contribution in [0.5, 0.6) is 0 Å². The van der Waals surface area contributed by atoms with Crippen LogP contribution in [-0.4, -0.2) is 58.3 Å². The summed E-state index contributed by atoms with van der Waals surface area (Å²) in [6.07, 6.45) is 1.53. The van der Waals surface area contributed by atoms with Crippen molar-refractivity contribution in [2.75, 3.05) is 41.8 Å². The Morgan fingerprint density at radius 2 is 2.03 bits per heavy atom. The van der Waals surface area contributed by atoms with E-state index in [9.17, 15) is 9.90 Å². The van der Waals surface area contributed by atoms with Crippen LogP contribution in [0.1, 0.15) is 49.3 Å². The van der Waals surface area contributed by atoms with E-state index in [-0.39, 0.29) is 11.9 Å². The van der Waals surface area contributed by atoms with Gasteiger partial charge in [0.15, 0.2) is 0 Å². The number of carbonyl (C=O) groups excluding carboxylic acids is 1. The van der Waals surface area contributed by atoms with E-state index >= 15 is 0 Å². The van der Waals surface area contributed by atoms with Gasteiger partial charge in [0.05, 0.1) is 30.6 Å². The number of aryl methyl sites for hydroxylation is 1. The Balaban J connectivity index is 1.66. The van der Waals surface area contributed by atoms with Gasteiger partial charge in [0.1, 0.15) is 11.4 Å². The van der Waals surface area contributed by atoms with Crippen molar-refractivity contribution in [1.29, 1.82) is 0 Å².